The number of rotatable bonds is 6. The van der Waals surface area contributed by atoms with E-state index in [9.17, 15) is 4.79 Å². The predicted octanol–water partition coefficient (Wildman–Crippen LogP) is 3.09. The smallest absolute Gasteiger partial charge is 0.272 e. The van der Waals surface area contributed by atoms with Gasteiger partial charge in [-0.1, -0.05) is 19.3 Å². The summed E-state index contributed by atoms with van der Waals surface area (Å²) in [6.45, 7) is 5.63. The molecule has 3 atom stereocenters. The summed E-state index contributed by atoms with van der Waals surface area (Å²) in [6, 6.07) is 4.48. The van der Waals surface area contributed by atoms with Gasteiger partial charge < -0.3 is 20.3 Å². The summed E-state index contributed by atoms with van der Waals surface area (Å²) in [5.41, 5.74) is 0.420. The minimum absolute atomic E-state index is 0.0917. The highest BCUT2D eigenvalue weighted by Crippen LogP contribution is 2.39. The van der Waals surface area contributed by atoms with E-state index in [0.717, 1.165) is 49.6 Å². The topological polar surface area (TPSA) is 79.4 Å². The maximum atomic E-state index is 12.4. The van der Waals surface area contributed by atoms with Crippen molar-refractivity contribution in [1.82, 2.24) is 20.4 Å². The largest absolute Gasteiger partial charge is 0.381 e. The van der Waals surface area contributed by atoms with E-state index in [2.05, 4.69) is 25.7 Å². The van der Waals surface area contributed by atoms with Crippen LogP contribution in [-0.2, 0) is 4.74 Å². The second-order valence-electron chi connectivity index (χ2n) is 10.2. The van der Waals surface area contributed by atoms with E-state index in [-0.39, 0.29) is 5.91 Å². The molecule has 2 aliphatic carbocycles. The third kappa shape index (κ3) is 5.37. The van der Waals surface area contributed by atoms with Crippen LogP contribution in [0, 0.1) is 17.8 Å². The molecule has 0 bridgehead atoms. The maximum Gasteiger partial charge on any atom is 0.272 e. The Morgan fingerprint density at radius 1 is 0.968 bits per heavy atom. The van der Waals surface area contributed by atoms with Gasteiger partial charge in [-0.3, -0.25) is 4.79 Å². The van der Waals surface area contributed by atoms with Crippen molar-refractivity contribution in [2.75, 3.05) is 38.2 Å². The molecule has 170 valence electrons. The average molecular weight is 428 g/mol. The zero-order valence-electron chi connectivity index (χ0n) is 18.6. The molecule has 4 aliphatic rings. The van der Waals surface area contributed by atoms with Crippen molar-refractivity contribution < 1.29 is 9.53 Å². The Kier molecular flexibility index (Phi) is 6.69. The lowest BCUT2D eigenvalue weighted by atomic mass is 9.95. The van der Waals surface area contributed by atoms with Crippen LogP contribution in [0.25, 0.3) is 0 Å². The quantitative estimate of drug-likeness (QED) is 0.726. The van der Waals surface area contributed by atoms with Gasteiger partial charge in [-0.15, -0.1) is 10.2 Å². The van der Waals surface area contributed by atoms with Gasteiger partial charge in [-0.05, 0) is 68.4 Å². The van der Waals surface area contributed by atoms with E-state index in [1.807, 2.05) is 6.07 Å². The number of hydrogen-bond donors (Lipinski definition) is 2. The Balaban J connectivity index is 1.07. The summed E-state index contributed by atoms with van der Waals surface area (Å²) in [5, 5.41) is 15.2. The van der Waals surface area contributed by atoms with Crippen molar-refractivity contribution >= 4 is 11.7 Å². The molecule has 2 N–H and O–H groups in total. The van der Waals surface area contributed by atoms with Gasteiger partial charge in [0.2, 0.25) is 0 Å². The Bertz CT molecular complexity index is 716. The van der Waals surface area contributed by atoms with Gasteiger partial charge in [-0.25, -0.2) is 0 Å². The molecule has 0 spiro atoms. The van der Waals surface area contributed by atoms with Gasteiger partial charge in [0, 0.05) is 44.9 Å². The fraction of sp³-hybridized carbons (Fsp3) is 0.792. The summed E-state index contributed by atoms with van der Waals surface area (Å²) in [6.07, 6.45) is 10.7. The fourth-order valence-corrected chi connectivity index (χ4v) is 6.20. The van der Waals surface area contributed by atoms with Crippen molar-refractivity contribution in [3.8, 4) is 0 Å². The van der Waals surface area contributed by atoms with Gasteiger partial charge in [0.1, 0.15) is 5.82 Å². The zero-order valence-corrected chi connectivity index (χ0v) is 18.6. The lowest BCUT2D eigenvalue weighted by molar-refractivity contribution is 0.0545. The number of anilines is 1. The summed E-state index contributed by atoms with van der Waals surface area (Å²) in [5.74, 6) is 3.12. The maximum absolute atomic E-state index is 12.4. The first kappa shape index (κ1) is 21.1. The van der Waals surface area contributed by atoms with Crippen LogP contribution in [0.1, 0.15) is 68.3 Å². The monoisotopic (exact) mass is 427 g/mol. The van der Waals surface area contributed by atoms with E-state index in [1.54, 1.807) is 6.07 Å². The van der Waals surface area contributed by atoms with E-state index < -0.39 is 0 Å². The molecule has 5 rings (SSSR count). The molecule has 0 unspecified atom stereocenters. The van der Waals surface area contributed by atoms with Crippen molar-refractivity contribution in [1.29, 1.82) is 0 Å². The summed E-state index contributed by atoms with van der Waals surface area (Å²) in [4.78, 5) is 15.1. The Morgan fingerprint density at radius 3 is 2.39 bits per heavy atom. The third-order valence-corrected chi connectivity index (χ3v) is 7.87. The van der Waals surface area contributed by atoms with Crippen LogP contribution in [0.3, 0.4) is 0 Å². The minimum atomic E-state index is -0.0917. The standard InChI is InChI=1S/C24H37N5O2/c30-24(26-20-4-2-1-3-5-20)22-6-7-23(28-27-22)25-21-12-18-15-29(16-19(18)13-21)14-17-8-10-31-11-9-17/h6-7,17-21H,1-5,8-16H2,(H,25,28)(H,26,30)/t18-,19+,21+. The number of nitrogens with one attached hydrogen (secondary N) is 2. The van der Waals surface area contributed by atoms with Crippen LogP contribution in [-0.4, -0.2) is 65.9 Å². The van der Waals surface area contributed by atoms with Crippen LogP contribution >= 0.6 is 0 Å². The number of carbonyl (C=O) groups excluding carboxylic acids is 1. The Labute approximate surface area is 185 Å². The molecule has 2 saturated carbocycles. The third-order valence-electron chi connectivity index (χ3n) is 7.87. The van der Waals surface area contributed by atoms with Crippen LogP contribution in [0.4, 0.5) is 5.82 Å². The molecule has 7 heteroatoms. The number of likely N-dealkylation sites (tertiary alicyclic amines) is 1. The molecule has 31 heavy (non-hydrogen) atoms. The molecule has 0 aromatic carbocycles. The molecule has 4 fully saturated rings. The number of fused-ring (bicyclic) bond motifs is 1. The first-order chi connectivity index (χ1) is 15.2. The van der Waals surface area contributed by atoms with E-state index >= 15 is 0 Å². The molecule has 0 radical (unpaired) electrons. The number of hydrogen-bond acceptors (Lipinski definition) is 6. The van der Waals surface area contributed by atoms with Gasteiger partial charge in [0.25, 0.3) is 5.91 Å². The van der Waals surface area contributed by atoms with E-state index in [4.69, 9.17) is 4.74 Å². The molecule has 2 aliphatic heterocycles. The first-order valence-corrected chi connectivity index (χ1v) is 12.4. The second-order valence-corrected chi connectivity index (χ2v) is 10.2. The first-order valence-electron chi connectivity index (χ1n) is 12.4. The molecule has 2 saturated heterocycles. The van der Waals surface area contributed by atoms with Gasteiger partial charge in [-0.2, -0.15) is 0 Å². The number of aromatic nitrogens is 2. The Morgan fingerprint density at radius 2 is 1.71 bits per heavy atom. The molecular weight excluding hydrogens is 390 g/mol. The molecule has 1 aromatic heterocycles. The highest BCUT2D eigenvalue weighted by Gasteiger charge is 2.41. The van der Waals surface area contributed by atoms with E-state index in [1.165, 1.54) is 64.6 Å². The van der Waals surface area contributed by atoms with Crippen molar-refractivity contribution in [3.63, 3.8) is 0 Å². The normalized spacial score (nSPS) is 30.3. The highest BCUT2D eigenvalue weighted by atomic mass is 16.5. The van der Waals surface area contributed by atoms with Crippen molar-refractivity contribution in [2.24, 2.45) is 17.8 Å². The van der Waals surface area contributed by atoms with Gasteiger partial charge in [0.05, 0.1) is 0 Å². The number of nitrogens with zero attached hydrogens (tertiary/aromatic N) is 3. The SMILES string of the molecule is O=C(NC1CCCCC1)c1ccc(N[C@H]2C[C@@H]3CN(CC4CCOCC4)C[C@@H]3C2)nn1. The molecule has 3 heterocycles. The summed E-state index contributed by atoms with van der Waals surface area (Å²) < 4.78 is 5.50. The molecule has 1 amide bonds. The predicted molar refractivity (Wildman–Crippen MR) is 120 cm³/mol. The second kappa shape index (κ2) is 9.82. The minimum Gasteiger partial charge on any atom is -0.381 e. The van der Waals surface area contributed by atoms with Gasteiger partial charge >= 0.3 is 0 Å². The lowest BCUT2D eigenvalue weighted by Gasteiger charge is -2.27. The van der Waals surface area contributed by atoms with Crippen LogP contribution in [0.2, 0.25) is 0 Å². The molecular formula is C24H37N5O2. The van der Waals surface area contributed by atoms with Crippen LogP contribution < -0.4 is 10.6 Å². The van der Waals surface area contributed by atoms with Gasteiger partial charge in [0.15, 0.2) is 5.69 Å². The molecule has 1 aromatic rings. The Hall–Kier alpha value is -1.73. The molecule has 7 nitrogen and oxygen atoms in total. The summed E-state index contributed by atoms with van der Waals surface area (Å²) >= 11 is 0. The van der Waals surface area contributed by atoms with Crippen LogP contribution in [0.5, 0.6) is 0 Å². The zero-order chi connectivity index (χ0) is 21.0. The number of amides is 1. The number of carbonyl (C=O) groups is 1. The average Bonchev–Trinajstić information content (AvgIpc) is 3.33. The summed E-state index contributed by atoms with van der Waals surface area (Å²) in [7, 11) is 0. The van der Waals surface area contributed by atoms with Crippen LogP contribution in [0.15, 0.2) is 12.1 Å². The number of ether oxygens (including phenoxy) is 1. The fourth-order valence-electron chi connectivity index (χ4n) is 6.20. The van der Waals surface area contributed by atoms with Crippen molar-refractivity contribution in [3.05, 3.63) is 17.8 Å². The van der Waals surface area contributed by atoms with E-state index in [0.29, 0.717) is 17.8 Å². The lowest BCUT2D eigenvalue weighted by Crippen LogP contribution is -2.36. The van der Waals surface area contributed by atoms with Crippen molar-refractivity contribution in [2.45, 2.75) is 69.9 Å². The highest BCUT2D eigenvalue weighted by molar-refractivity contribution is 5.92.